The lowest BCUT2D eigenvalue weighted by atomic mass is 10.1. The van der Waals surface area contributed by atoms with Gasteiger partial charge in [0.15, 0.2) is 11.5 Å². The molecule has 0 aliphatic carbocycles. The zero-order chi connectivity index (χ0) is 20.3. The predicted octanol–water partition coefficient (Wildman–Crippen LogP) is 2.48. The quantitative estimate of drug-likeness (QED) is 0.800. The molecule has 0 saturated heterocycles. The van der Waals surface area contributed by atoms with Gasteiger partial charge in [-0.3, -0.25) is 9.59 Å². The first-order valence-corrected chi connectivity index (χ1v) is 9.81. The lowest BCUT2D eigenvalue weighted by Crippen LogP contribution is -2.48. The standard InChI is InChI=1S/C20H24N2O5S/c1-12(20(24)22-7-5-17-13(11-22)6-8-28-17)21-19(23)14-9-15(25-2)18(27-4)16(10-14)26-3/h6,8-10,12H,5,7,11H2,1-4H3,(H,21,23). The van der Waals surface area contributed by atoms with Crippen LogP contribution in [0.2, 0.25) is 0 Å². The molecule has 0 radical (unpaired) electrons. The Morgan fingerprint density at radius 2 is 1.82 bits per heavy atom. The Morgan fingerprint density at radius 3 is 2.43 bits per heavy atom. The average molecular weight is 404 g/mol. The molecule has 1 atom stereocenters. The lowest BCUT2D eigenvalue weighted by Gasteiger charge is -2.29. The predicted molar refractivity (Wildman–Crippen MR) is 106 cm³/mol. The molecule has 0 bridgehead atoms. The smallest absolute Gasteiger partial charge is 0.252 e. The third-order valence-electron chi connectivity index (χ3n) is 4.76. The number of benzene rings is 1. The van der Waals surface area contributed by atoms with Crippen LogP contribution in [-0.2, 0) is 17.8 Å². The Labute approximate surface area is 168 Å². The molecule has 2 amide bonds. The average Bonchev–Trinajstić information content (AvgIpc) is 3.19. The largest absolute Gasteiger partial charge is 0.493 e. The van der Waals surface area contributed by atoms with Crippen molar-refractivity contribution >= 4 is 23.2 Å². The minimum Gasteiger partial charge on any atom is -0.493 e. The molecular weight excluding hydrogens is 380 g/mol. The van der Waals surface area contributed by atoms with E-state index >= 15 is 0 Å². The third-order valence-corrected chi connectivity index (χ3v) is 5.79. The number of thiophene rings is 1. The van der Waals surface area contributed by atoms with Crippen molar-refractivity contribution in [2.45, 2.75) is 25.9 Å². The van der Waals surface area contributed by atoms with E-state index in [0.717, 1.165) is 6.42 Å². The third kappa shape index (κ3) is 3.91. The Hall–Kier alpha value is -2.74. The van der Waals surface area contributed by atoms with Crippen LogP contribution in [0.1, 0.15) is 27.7 Å². The molecule has 0 spiro atoms. The molecule has 1 unspecified atom stereocenters. The minimum atomic E-state index is -0.647. The van der Waals surface area contributed by atoms with Crippen molar-refractivity contribution in [1.82, 2.24) is 10.2 Å². The van der Waals surface area contributed by atoms with E-state index in [-0.39, 0.29) is 11.8 Å². The summed E-state index contributed by atoms with van der Waals surface area (Å²) < 4.78 is 15.8. The number of rotatable bonds is 6. The molecule has 8 heteroatoms. The first-order chi connectivity index (χ1) is 13.5. The number of nitrogens with zero attached hydrogens (tertiary/aromatic N) is 1. The second-order valence-corrected chi connectivity index (χ2v) is 7.49. The molecule has 0 saturated carbocycles. The van der Waals surface area contributed by atoms with Gasteiger partial charge in [-0.15, -0.1) is 11.3 Å². The number of ether oxygens (including phenoxy) is 3. The Bertz CT molecular complexity index is 854. The van der Waals surface area contributed by atoms with Crippen molar-refractivity contribution in [2.75, 3.05) is 27.9 Å². The monoisotopic (exact) mass is 404 g/mol. The van der Waals surface area contributed by atoms with Crippen LogP contribution in [0.15, 0.2) is 23.6 Å². The van der Waals surface area contributed by atoms with E-state index in [4.69, 9.17) is 14.2 Å². The molecular formula is C20H24N2O5S. The van der Waals surface area contributed by atoms with Gasteiger partial charge >= 0.3 is 0 Å². The Kier molecular flexibility index (Phi) is 6.08. The minimum absolute atomic E-state index is 0.0994. The number of amides is 2. The summed E-state index contributed by atoms with van der Waals surface area (Å²) in [6.07, 6.45) is 0.853. The van der Waals surface area contributed by atoms with Crippen LogP contribution in [0.5, 0.6) is 17.2 Å². The topological polar surface area (TPSA) is 77.1 Å². The number of methoxy groups -OCH3 is 3. The molecule has 2 heterocycles. The number of hydrogen-bond donors (Lipinski definition) is 1. The van der Waals surface area contributed by atoms with E-state index in [2.05, 4.69) is 11.4 Å². The maximum absolute atomic E-state index is 12.8. The summed E-state index contributed by atoms with van der Waals surface area (Å²) in [4.78, 5) is 28.6. The second-order valence-electron chi connectivity index (χ2n) is 6.49. The molecule has 1 aliphatic rings. The van der Waals surface area contributed by atoms with E-state index in [0.29, 0.717) is 35.9 Å². The molecule has 150 valence electrons. The van der Waals surface area contributed by atoms with E-state index < -0.39 is 6.04 Å². The van der Waals surface area contributed by atoms with Gasteiger partial charge in [-0.05, 0) is 42.5 Å². The van der Waals surface area contributed by atoms with Crippen molar-refractivity contribution in [3.8, 4) is 17.2 Å². The lowest BCUT2D eigenvalue weighted by molar-refractivity contribution is -0.133. The number of hydrogen-bond acceptors (Lipinski definition) is 6. The van der Waals surface area contributed by atoms with Crippen LogP contribution < -0.4 is 19.5 Å². The summed E-state index contributed by atoms with van der Waals surface area (Å²) in [5.41, 5.74) is 1.51. The van der Waals surface area contributed by atoms with Crippen LogP contribution in [0.25, 0.3) is 0 Å². The number of carbonyl (C=O) groups is 2. The maximum Gasteiger partial charge on any atom is 0.252 e. The van der Waals surface area contributed by atoms with Gasteiger partial charge in [-0.25, -0.2) is 0 Å². The fraction of sp³-hybridized carbons (Fsp3) is 0.400. The highest BCUT2D eigenvalue weighted by molar-refractivity contribution is 7.10. The van der Waals surface area contributed by atoms with Crippen LogP contribution in [-0.4, -0.2) is 50.6 Å². The van der Waals surface area contributed by atoms with E-state index in [1.54, 1.807) is 35.3 Å². The fourth-order valence-electron chi connectivity index (χ4n) is 3.26. The second kappa shape index (κ2) is 8.52. The highest BCUT2D eigenvalue weighted by atomic mass is 32.1. The summed E-state index contributed by atoms with van der Waals surface area (Å²) in [5.74, 6) is 0.690. The van der Waals surface area contributed by atoms with Crippen molar-refractivity contribution in [3.05, 3.63) is 39.6 Å². The molecule has 1 N–H and O–H groups in total. The molecule has 1 aliphatic heterocycles. The first kappa shape index (κ1) is 20.0. The summed E-state index contributed by atoms with van der Waals surface area (Å²) in [5, 5.41) is 4.82. The van der Waals surface area contributed by atoms with Crippen LogP contribution in [0, 0.1) is 0 Å². The van der Waals surface area contributed by atoms with Crippen molar-refractivity contribution in [3.63, 3.8) is 0 Å². The highest BCUT2D eigenvalue weighted by Gasteiger charge is 2.27. The highest BCUT2D eigenvalue weighted by Crippen LogP contribution is 2.38. The molecule has 28 heavy (non-hydrogen) atoms. The van der Waals surface area contributed by atoms with Gasteiger partial charge in [0.05, 0.1) is 21.3 Å². The van der Waals surface area contributed by atoms with Crippen LogP contribution >= 0.6 is 11.3 Å². The maximum atomic E-state index is 12.8. The first-order valence-electron chi connectivity index (χ1n) is 8.93. The van der Waals surface area contributed by atoms with Crippen molar-refractivity contribution < 1.29 is 23.8 Å². The van der Waals surface area contributed by atoms with Gasteiger partial charge in [-0.1, -0.05) is 0 Å². The van der Waals surface area contributed by atoms with E-state index in [9.17, 15) is 9.59 Å². The Morgan fingerprint density at radius 1 is 1.14 bits per heavy atom. The zero-order valence-electron chi connectivity index (χ0n) is 16.4. The molecule has 2 aromatic rings. The van der Waals surface area contributed by atoms with E-state index in [1.165, 1.54) is 31.8 Å². The molecule has 0 fully saturated rings. The molecule has 1 aromatic heterocycles. The molecule has 3 rings (SSSR count). The molecule has 7 nitrogen and oxygen atoms in total. The van der Waals surface area contributed by atoms with Gasteiger partial charge in [-0.2, -0.15) is 0 Å². The van der Waals surface area contributed by atoms with Crippen LogP contribution in [0.3, 0.4) is 0 Å². The Balaban J connectivity index is 1.71. The normalized spacial score (nSPS) is 14.1. The van der Waals surface area contributed by atoms with Gasteiger partial charge in [0.2, 0.25) is 11.7 Å². The fourth-order valence-corrected chi connectivity index (χ4v) is 4.15. The summed E-state index contributed by atoms with van der Waals surface area (Å²) in [7, 11) is 4.47. The molecule has 1 aromatic carbocycles. The number of carbonyl (C=O) groups excluding carboxylic acids is 2. The van der Waals surface area contributed by atoms with Crippen LogP contribution in [0.4, 0.5) is 0 Å². The van der Waals surface area contributed by atoms with Gasteiger partial charge < -0.3 is 24.4 Å². The van der Waals surface area contributed by atoms with Crippen molar-refractivity contribution in [1.29, 1.82) is 0 Å². The SMILES string of the molecule is COc1cc(C(=O)NC(C)C(=O)N2CCc3sccc3C2)cc(OC)c1OC. The zero-order valence-corrected chi connectivity index (χ0v) is 17.2. The van der Waals surface area contributed by atoms with E-state index in [1.807, 2.05) is 5.38 Å². The van der Waals surface area contributed by atoms with Gasteiger partial charge in [0.1, 0.15) is 6.04 Å². The van der Waals surface area contributed by atoms with Gasteiger partial charge in [0, 0.05) is 23.5 Å². The van der Waals surface area contributed by atoms with Crippen molar-refractivity contribution in [2.24, 2.45) is 0 Å². The summed E-state index contributed by atoms with van der Waals surface area (Å²) >= 11 is 1.72. The van der Waals surface area contributed by atoms with Gasteiger partial charge in [0.25, 0.3) is 5.91 Å². The summed E-state index contributed by atoms with van der Waals surface area (Å²) in [6, 6.07) is 4.53. The number of fused-ring (bicyclic) bond motifs is 1. The summed E-state index contributed by atoms with van der Waals surface area (Å²) in [6.45, 7) is 2.94. The number of nitrogens with one attached hydrogen (secondary N) is 1.